The molecule has 0 aromatic heterocycles. The van der Waals surface area contributed by atoms with Crippen molar-refractivity contribution >= 4 is 17.9 Å². The zero-order valence-corrected chi connectivity index (χ0v) is 18.2. The Morgan fingerprint density at radius 1 is 1.23 bits per heavy atom. The number of hydrogen-bond donors (Lipinski definition) is 1. The maximum Gasteiger partial charge on any atom is 0.226 e. The quantitative estimate of drug-likeness (QED) is 0.632. The Morgan fingerprint density at radius 2 is 2.00 bits per heavy atom. The molecule has 160 valence electrons. The fourth-order valence-corrected chi connectivity index (χ4v) is 4.92. The van der Waals surface area contributed by atoms with Gasteiger partial charge in [0.15, 0.2) is 0 Å². The molecule has 2 aromatic rings. The number of halogens is 2. The lowest BCUT2D eigenvalue weighted by molar-refractivity contribution is -0.133. The van der Waals surface area contributed by atoms with Crippen molar-refractivity contribution in [2.45, 2.75) is 51.4 Å². The summed E-state index contributed by atoms with van der Waals surface area (Å²) in [6.45, 7) is 4.06. The molecule has 2 fully saturated rings. The highest BCUT2D eigenvalue weighted by Gasteiger charge is 2.47. The van der Waals surface area contributed by atoms with Gasteiger partial charge in [-0.3, -0.25) is 9.52 Å². The third-order valence-corrected chi connectivity index (χ3v) is 6.71. The zero-order chi connectivity index (χ0) is 21.3. The van der Waals surface area contributed by atoms with Gasteiger partial charge in [-0.25, -0.2) is 8.78 Å². The summed E-state index contributed by atoms with van der Waals surface area (Å²) in [6, 6.07) is 12.2. The molecule has 1 saturated carbocycles. The van der Waals surface area contributed by atoms with E-state index < -0.39 is 18.3 Å². The van der Waals surface area contributed by atoms with Crippen molar-refractivity contribution in [3.05, 3.63) is 59.4 Å². The Kier molecular flexibility index (Phi) is 6.44. The summed E-state index contributed by atoms with van der Waals surface area (Å²) in [5.74, 6) is 0.541. The number of nitrogens with zero attached hydrogens (tertiary/aromatic N) is 1. The van der Waals surface area contributed by atoms with E-state index in [9.17, 15) is 9.18 Å². The van der Waals surface area contributed by atoms with Crippen LogP contribution in [0, 0.1) is 18.7 Å². The predicted octanol–water partition coefficient (Wildman–Crippen LogP) is 4.93. The van der Waals surface area contributed by atoms with Crippen LogP contribution in [0.4, 0.5) is 8.78 Å². The van der Waals surface area contributed by atoms with Crippen LogP contribution in [0.2, 0.25) is 0 Å². The molecule has 1 saturated heterocycles. The number of hydrogen-bond acceptors (Lipinski definition) is 3. The molecule has 1 unspecified atom stereocenters. The van der Waals surface area contributed by atoms with Crippen LogP contribution in [0.3, 0.4) is 0 Å². The van der Waals surface area contributed by atoms with E-state index in [0.29, 0.717) is 17.5 Å². The maximum atomic E-state index is 15.5. The second-order valence-corrected chi connectivity index (χ2v) is 9.38. The highest BCUT2D eigenvalue weighted by Crippen LogP contribution is 2.36. The molecular weight excluding hydrogens is 402 g/mol. The van der Waals surface area contributed by atoms with E-state index >= 15 is 4.39 Å². The summed E-state index contributed by atoms with van der Waals surface area (Å²) in [5, 5.41) is 0. The van der Waals surface area contributed by atoms with Gasteiger partial charge in [-0.2, -0.15) is 0 Å². The number of amides is 1. The molecule has 1 aliphatic carbocycles. The number of nitrogens with one attached hydrogen (secondary N) is 1. The first-order valence-corrected chi connectivity index (χ1v) is 11.6. The lowest BCUT2D eigenvalue weighted by Gasteiger charge is -2.29. The van der Waals surface area contributed by atoms with Crippen molar-refractivity contribution in [3.8, 4) is 11.1 Å². The first kappa shape index (κ1) is 21.3. The average Bonchev–Trinajstić information content (AvgIpc) is 3.53. The molecule has 1 aliphatic heterocycles. The SMILES string of the molecule is CCSNC1[C@@H](F)CN(C(=O)C2CC2)[C@H]1Cc1cccc(-c2cccc(C)c2)c1F. The van der Waals surface area contributed by atoms with E-state index in [1.807, 2.05) is 44.2 Å². The Labute approximate surface area is 181 Å². The Bertz CT molecular complexity index is 918. The molecule has 4 rings (SSSR count). The minimum atomic E-state index is -1.15. The third kappa shape index (κ3) is 4.40. The molecule has 6 heteroatoms. The topological polar surface area (TPSA) is 32.3 Å². The van der Waals surface area contributed by atoms with Crippen LogP contribution in [0.15, 0.2) is 42.5 Å². The van der Waals surface area contributed by atoms with Gasteiger partial charge in [0.05, 0.1) is 18.6 Å². The van der Waals surface area contributed by atoms with E-state index in [4.69, 9.17) is 0 Å². The van der Waals surface area contributed by atoms with Crippen molar-refractivity contribution in [1.29, 1.82) is 0 Å². The lowest BCUT2D eigenvalue weighted by atomic mass is 9.95. The van der Waals surface area contributed by atoms with Crippen molar-refractivity contribution in [2.75, 3.05) is 12.3 Å². The molecular formula is C24H28F2N2OS. The van der Waals surface area contributed by atoms with E-state index in [-0.39, 0.29) is 24.2 Å². The summed E-state index contributed by atoms with van der Waals surface area (Å²) in [7, 11) is 0. The van der Waals surface area contributed by atoms with Crippen LogP contribution in [0.25, 0.3) is 11.1 Å². The fraction of sp³-hybridized carbons (Fsp3) is 0.458. The smallest absolute Gasteiger partial charge is 0.226 e. The van der Waals surface area contributed by atoms with Gasteiger partial charge in [-0.1, -0.05) is 66.9 Å². The van der Waals surface area contributed by atoms with E-state index in [2.05, 4.69) is 4.72 Å². The minimum Gasteiger partial charge on any atom is -0.334 e. The standard InChI is InChI=1S/C24H28F2N2OS/c1-3-30-27-23-20(25)14-28(24(29)16-10-11-16)21(23)13-18-8-5-9-19(22(18)26)17-7-4-6-15(2)12-17/h4-9,12,16,20-21,23,27H,3,10-11,13-14H2,1-2H3/t20-,21-,23?/m0/s1. The highest BCUT2D eigenvalue weighted by atomic mass is 32.2. The number of likely N-dealkylation sites (tertiary alicyclic amines) is 1. The zero-order valence-electron chi connectivity index (χ0n) is 17.4. The van der Waals surface area contributed by atoms with E-state index in [1.54, 1.807) is 17.0 Å². The Hall–Kier alpha value is -1.92. The molecule has 2 aliphatic rings. The predicted molar refractivity (Wildman–Crippen MR) is 118 cm³/mol. The molecule has 2 aromatic carbocycles. The largest absolute Gasteiger partial charge is 0.334 e. The van der Waals surface area contributed by atoms with Gasteiger partial charge < -0.3 is 4.90 Å². The number of alkyl halides is 1. The van der Waals surface area contributed by atoms with Gasteiger partial charge in [-0.15, -0.1) is 0 Å². The van der Waals surface area contributed by atoms with Crippen molar-refractivity contribution in [2.24, 2.45) is 5.92 Å². The Morgan fingerprint density at radius 3 is 2.70 bits per heavy atom. The second-order valence-electron chi connectivity index (χ2n) is 8.28. The number of rotatable bonds is 7. The number of carbonyl (C=O) groups is 1. The monoisotopic (exact) mass is 430 g/mol. The fourth-order valence-electron chi connectivity index (χ4n) is 4.26. The molecule has 3 atom stereocenters. The molecule has 1 amide bonds. The maximum absolute atomic E-state index is 15.5. The van der Waals surface area contributed by atoms with Crippen LogP contribution in [-0.4, -0.2) is 41.4 Å². The average molecular weight is 431 g/mol. The Balaban J connectivity index is 1.64. The molecule has 1 heterocycles. The van der Waals surface area contributed by atoms with Crippen LogP contribution < -0.4 is 4.72 Å². The van der Waals surface area contributed by atoms with Gasteiger partial charge in [0.25, 0.3) is 0 Å². The number of benzene rings is 2. The van der Waals surface area contributed by atoms with Crippen LogP contribution in [0.5, 0.6) is 0 Å². The number of aryl methyl sites for hydroxylation is 1. The minimum absolute atomic E-state index is 0.0146. The molecule has 1 N–H and O–H groups in total. The first-order chi connectivity index (χ1) is 14.5. The van der Waals surface area contributed by atoms with Crippen molar-refractivity contribution in [1.82, 2.24) is 9.62 Å². The summed E-state index contributed by atoms with van der Waals surface area (Å²) in [6.07, 6.45) is 0.891. The summed E-state index contributed by atoms with van der Waals surface area (Å²) in [4.78, 5) is 14.5. The first-order valence-electron chi connectivity index (χ1n) is 10.7. The summed E-state index contributed by atoms with van der Waals surface area (Å²) < 4.78 is 33.6. The third-order valence-electron chi connectivity index (χ3n) is 5.99. The number of carbonyl (C=O) groups excluding carboxylic acids is 1. The molecule has 3 nitrogen and oxygen atoms in total. The van der Waals surface area contributed by atoms with Gasteiger partial charge in [-0.05, 0) is 37.3 Å². The van der Waals surface area contributed by atoms with Gasteiger partial charge in [0.2, 0.25) is 5.91 Å². The van der Waals surface area contributed by atoms with Gasteiger partial charge >= 0.3 is 0 Å². The molecule has 30 heavy (non-hydrogen) atoms. The van der Waals surface area contributed by atoms with Crippen molar-refractivity contribution in [3.63, 3.8) is 0 Å². The highest BCUT2D eigenvalue weighted by molar-refractivity contribution is 7.97. The normalized spacial score (nSPS) is 23.7. The van der Waals surface area contributed by atoms with E-state index in [1.165, 1.54) is 11.9 Å². The van der Waals surface area contributed by atoms with Gasteiger partial charge in [0.1, 0.15) is 12.0 Å². The van der Waals surface area contributed by atoms with Crippen LogP contribution >= 0.6 is 11.9 Å². The molecule has 0 spiro atoms. The van der Waals surface area contributed by atoms with E-state index in [0.717, 1.165) is 29.7 Å². The van der Waals surface area contributed by atoms with Crippen LogP contribution in [-0.2, 0) is 11.2 Å². The van der Waals surface area contributed by atoms with Crippen molar-refractivity contribution < 1.29 is 13.6 Å². The van der Waals surface area contributed by atoms with Gasteiger partial charge in [0, 0.05) is 17.2 Å². The second kappa shape index (κ2) is 9.06. The summed E-state index contributed by atoms with van der Waals surface area (Å²) >= 11 is 1.45. The lowest BCUT2D eigenvalue weighted by Crippen LogP contribution is -2.46. The molecule has 0 bridgehead atoms. The van der Waals surface area contributed by atoms with Crippen LogP contribution in [0.1, 0.15) is 30.9 Å². The molecule has 0 radical (unpaired) electrons. The summed E-state index contributed by atoms with van der Waals surface area (Å²) in [5.41, 5.74) is 2.95.